The summed E-state index contributed by atoms with van der Waals surface area (Å²) >= 11 is 0. The molecule has 4 nitrogen and oxygen atoms in total. The topological polar surface area (TPSA) is 41.3 Å². The number of piperidine rings is 1. The van der Waals surface area contributed by atoms with Crippen LogP contribution in [0.5, 0.6) is 0 Å². The molecule has 17 heavy (non-hydrogen) atoms. The smallest absolute Gasteiger partial charge is 0.208 e. The predicted octanol–water partition coefficient (Wildman–Crippen LogP) is 1.87. The zero-order valence-corrected chi connectivity index (χ0v) is 11.1. The van der Waals surface area contributed by atoms with E-state index in [1.54, 1.807) is 0 Å². The monoisotopic (exact) mass is 237 g/mol. The van der Waals surface area contributed by atoms with E-state index in [-0.39, 0.29) is 0 Å². The van der Waals surface area contributed by atoms with E-state index in [4.69, 9.17) is 4.42 Å². The number of aromatic nitrogens is 1. The molecule has 1 aliphatic rings. The Morgan fingerprint density at radius 3 is 2.82 bits per heavy atom. The second-order valence-electron chi connectivity index (χ2n) is 4.81. The molecule has 1 saturated heterocycles. The van der Waals surface area contributed by atoms with Crippen LogP contribution in [0, 0.1) is 13.8 Å². The Balaban J connectivity index is 1.98. The zero-order chi connectivity index (χ0) is 12.3. The van der Waals surface area contributed by atoms with E-state index in [2.05, 4.69) is 22.1 Å². The maximum Gasteiger partial charge on any atom is 0.208 e. The highest BCUT2D eigenvalue weighted by Gasteiger charge is 2.21. The summed E-state index contributed by atoms with van der Waals surface area (Å²) in [6.07, 6.45) is 2.55. The molecule has 1 aromatic heterocycles. The number of nitrogens with one attached hydrogen (secondary N) is 1. The first-order chi connectivity index (χ1) is 8.20. The molecule has 2 rings (SSSR count). The summed E-state index contributed by atoms with van der Waals surface area (Å²) in [5.74, 6) is 1.80. The number of hydrogen-bond acceptors (Lipinski definition) is 4. The molecule has 1 aliphatic heterocycles. The van der Waals surface area contributed by atoms with Crippen LogP contribution in [-0.2, 0) is 6.54 Å². The minimum absolute atomic E-state index is 0.626. The fourth-order valence-electron chi connectivity index (χ4n) is 2.42. The number of aryl methyl sites for hydroxylation is 2. The van der Waals surface area contributed by atoms with Gasteiger partial charge in [-0.05, 0) is 39.8 Å². The summed E-state index contributed by atoms with van der Waals surface area (Å²) in [7, 11) is 0. The van der Waals surface area contributed by atoms with Gasteiger partial charge in [-0.15, -0.1) is 0 Å². The molecule has 1 aromatic rings. The van der Waals surface area contributed by atoms with Crippen LogP contribution >= 0.6 is 0 Å². The second kappa shape index (κ2) is 5.65. The van der Waals surface area contributed by atoms with E-state index >= 15 is 0 Å². The average Bonchev–Trinajstić information content (AvgIpc) is 2.67. The van der Waals surface area contributed by atoms with Crippen LogP contribution in [0.25, 0.3) is 0 Å². The van der Waals surface area contributed by atoms with Gasteiger partial charge in [-0.2, -0.15) is 0 Å². The molecule has 2 heterocycles. The number of nitrogens with zero attached hydrogens (tertiary/aromatic N) is 2. The minimum Gasteiger partial charge on any atom is -0.444 e. The molecule has 4 heteroatoms. The molecule has 0 aliphatic carbocycles. The third-order valence-corrected chi connectivity index (χ3v) is 3.60. The molecule has 0 aromatic carbocycles. The van der Waals surface area contributed by atoms with Crippen LogP contribution in [0.4, 0.5) is 0 Å². The molecule has 1 N–H and O–H groups in total. The molecule has 1 atom stereocenters. The molecule has 0 spiro atoms. The average molecular weight is 237 g/mol. The molecule has 0 saturated carbocycles. The van der Waals surface area contributed by atoms with Crippen molar-refractivity contribution in [3.8, 4) is 0 Å². The van der Waals surface area contributed by atoms with Gasteiger partial charge in [0.05, 0.1) is 12.2 Å². The highest BCUT2D eigenvalue weighted by Crippen LogP contribution is 2.15. The van der Waals surface area contributed by atoms with Crippen LogP contribution in [0.3, 0.4) is 0 Å². The number of hydrogen-bond donors (Lipinski definition) is 1. The molecular weight excluding hydrogens is 214 g/mol. The lowest BCUT2D eigenvalue weighted by molar-refractivity contribution is 0.152. The number of rotatable bonds is 4. The van der Waals surface area contributed by atoms with Crippen molar-refractivity contribution in [2.45, 2.75) is 46.2 Å². The van der Waals surface area contributed by atoms with Crippen molar-refractivity contribution in [2.24, 2.45) is 0 Å². The Bertz CT molecular complexity index is 336. The van der Waals surface area contributed by atoms with Gasteiger partial charge in [0.1, 0.15) is 5.76 Å². The summed E-state index contributed by atoms with van der Waals surface area (Å²) in [5.41, 5.74) is 1.01. The Morgan fingerprint density at radius 2 is 2.29 bits per heavy atom. The molecule has 0 radical (unpaired) electrons. The van der Waals surface area contributed by atoms with Crippen molar-refractivity contribution in [3.05, 3.63) is 17.3 Å². The number of oxazole rings is 1. The first-order valence-electron chi connectivity index (χ1n) is 6.58. The lowest BCUT2D eigenvalue weighted by Gasteiger charge is -2.32. The highest BCUT2D eigenvalue weighted by atomic mass is 16.4. The van der Waals surface area contributed by atoms with E-state index in [0.717, 1.165) is 43.5 Å². The van der Waals surface area contributed by atoms with Crippen molar-refractivity contribution in [1.29, 1.82) is 0 Å². The maximum atomic E-state index is 5.66. The van der Waals surface area contributed by atoms with Gasteiger partial charge in [-0.3, -0.25) is 4.90 Å². The lowest BCUT2D eigenvalue weighted by atomic mass is 10.1. The van der Waals surface area contributed by atoms with Gasteiger partial charge < -0.3 is 9.73 Å². The van der Waals surface area contributed by atoms with E-state index in [1.165, 1.54) is 12.8 Å². The second-order valence-corrected chi connectivity index (χ2v) is 4.81. The Labute approximate surface area is 103 Å². The standard InChI is InChI=1S/C13H23N3O/c1-4-16(12-6-5-7-14-8-12)9-13-15-10(2)11(3)17-13/h12,14H,4-9H2,1-3H3. The van der Waals surface area contributed by atoms with Gasteiger partial charge >= 0.3 is 0 Å². The molecule has 1 fully saturated rings. The molecule has 0 bridgehead atoms. The molecule has 0 amide bonds. The van der Waals surface area contributed by atoms with Crippen molar-refractivity contribution in [1.82, 2.24) is 15.2 Å². The van der Waals surface area contributed by atoms with E-state index < -0.39 is 0 Å². The first-order valence-corrected chi connectivity index (χ1v) is 6.58. The van der Waals surface area contributed by atoms with Gasteiger partial charge in [-0.25, -0.2) is 4.98 Å². The molecule has 1 unspecified atom stereocenters. The summed E-state index contributed by atoms with van der Waals surface area (Å²) in [6, 6.07) is 0.626. The Kier molecular flexibility index (Phi) is 4.18. The van der Waals surface area contributed by atoms with Crippen LogP contribution < -0.4 is 5.32 Å². The minimum atomic E-state index is 0.626. The predicted molar refractivity (Wildman–Crippen MR) is 68.0 cm³/mol. The van der Waals surface area contributed by atoms with Crippen molar-refractivity contribution in [2.75, 3.05) is 19.6 Å². The zero-order valence-electron chi connectivity index (χ0n) is 11.1. The Morgan fingerprint density at radius 1 is 1.47 bits per heavy atom. The van der Waals surface area contributed by atoms with Crippen LogP contribution in [0.1, 0.15) is 37.1 Å². The summed E-state index contributed by atoms with van der Waals surface area (Å²) in [5, 5.41) is 3.46. The van der Waals surface area contributed by atoms with Gasteiger partial charge in [0.25, 0.3) is 0 Å². The third-order valence-electron chi connectivity index (χ3n) is 3.60. The van der Waals surface area contributed by atoms with E-state index in [1.807, 2.05) is 13.8 Å². The fourth-order valence-corrected chi connectivity index (χ4v) is 2.42. The van der Waals surface area contributed by atoms with Crippen molar-refractivity contribution >= 4 is 0 Å². The van der Waals surface area contributed by atoms with Crippen LogP contribution in [0.15, 0.2) is 4.42 Å². The lowest BCUT2D eigenvalue weighted by Crippen LogP contribution is -2.45. The van der Waals surface area contributed by atoms with E-state index in [9.17, 15) is 0 Å². The quantitative estimate of drug-likeness (QED) is 0.868. The van der Waals surface area contributed by atoms with Crippen LogP contribution in [0.2, 0.25) is 0 Å². The Hall–Kier alpha value is -0.870. The number of likely N-dealkylation sites (N-methyl/N-ethyl adjacent to an activating group) is 1. The largest absolute Gasteiger partial charge is 0.444 e. The summed E-state index contributed by atoms with van der Waals surface area (Å²) < 4.78 is 5.66. The van der Waals surface area contributed by atoms with Crippen molar-refractivity contribution < 1.29 is 4.42 Å². The van der Waals surface area contributed by atoms with Gasteiger partial charge in [0, 0.05) is 12.6 Å². The molecular formula is C13H23N3O. The molecule has 96 valence electrons. The normalized spacial score (nSPS) is 21.1. The van der Waals surface area contributed by atoms with Crippen molar-refractivity contribution in [3.63, 3.8) is 0 Å². The summed E-state index contributed by atoms with van der Waals surface area (Å²) in [6.45, 7) is 10.3. The first kappa shape index (κ1) is 12.6. The highest BCUT2D eigenvalue weighted by molar-refractivity contribution is 5.05. The SMILES string of the molecule is CCN(Cc1nc(C)c(C)o1)C1CCCNC1. The van der Waals surface area contributed by atoms with Crippen LogP contribution in [-0.4, -0.2) is 35.6 Å². The maximum absolute atomic E-state index is 5.66. The third kappa shape index (κ3) is 3.07. The van der Waals surface area contributed by atoms with Gasteiger partial charge in [0.15, 0.2) is 0 Å². The van der Waals surface area contributed by atoms with E-state index in [0.29, 0.717) is 6.04 Å². The van der Waals surface area contributed by atoms with Gasteiger partial charge in [-0.1, -0.05) is 6.92 Å². The summed E-state index contributed by atoms with van der Waals surface area (Å²) in [4.78, 5) is 6.92. The fraction of sp³-hybridized carbons (Fsp3) is 0.769. The van der Waals surface area contributed by atoms with Gasteiger partial charge in [0.2, 0.25) is 5.89 Å².